The quantitative estimate of drug-likeness (QED) is 0.848. The van der Waals surface area contributed by atoms with Crippen molar-refractivity contribution in [1.82, 2.24) is 9.97 Å². The van der Waals surface area contributed by atoms with E-state index in [9.17, 15) is 0 Å². The van der Waals surface area contributed by atoms with Crippen LogP contribution in [0.15, 0.2) is 18.2 Å². The van der Waals surface area contributed by atoms with Gasteiger partial charge in [0.2, 0.25) is 5.95 Å². The molecule has 0 aromatic carbocycles. The van der Waals surface area contributed by atoms with Gasteiger partial charge in [-0.3, -0.25) is 0 Å². The normalized spacial score (nSPS) is 10.5. The third-order valence-electron chi connectivity index (χ3n) is 2.70. The van der Waals surface area contributed by atoms with Crippen LogP contribution in [0.25, 0.3) is 0 Å². The Kier molecular flexibility index (Phi) is 4.74. The molecule has 0 aliphatic carbocycles. The van der Waals surface area contributed by atoms with E-state index in [0.717, 1.165) is 31.0 Å². The number of aromatic nitrogens is 2. The first-order valence-electron chi connectivity index (χ1n) is 6.62. The third-order valence-corrected chi connectivity index (χ3v) is 3.93. The Bertz CT molecular complexity index is 536. The Labute approximate surface area is 118 Å². The molecular formula is C14H20N4S. The van der Waals surface area contributed by atoms with Gasteiger partial charge >= 0.3 is 0 Å². The van der Waals surface area contributed by atoms with E-state index in [1.807, 2.05) is 31.3 Å². The summed E-state index contributed by atoms with van der Waals surface area (Å²) in [7, 11) is 0. The maximum absolute atomic E-state index is 4.44. The minimum atomic E-state index is 0.686. The van der Waals surface area contributed by atoms with Gasteiger partial charge in [-0.15, -0.1) is 11.3 Å². The molecule has 2 aromatic heterocycles. The first-order chi connectivity index (χ1) is 9.21. The molecule has 0 bridgehead atoms. The topological polar surface area (TPSA) is 49.8 Å². The molecule has 0 radical (unpaired) electrons. The van der Waals surface area contributed by atoms with Gasteiger partial charge in [0, 0.05) is 28.1 Å². The molecule has 0 fully saturated rings. The molecule has 0 saturated carbocycles. The number of aryl methyl sites for hydroxylation is 2. The summed E-state index contributed by atoms with van der Waals surface area (Å²) in [5, 5.41) is 6.50. The highest BCUT2D eigenvalue weighted by molar-refractivity contribution is 7.12. The van der Waals surface area contributed by atoms with E-state index in [0.29, 0.717) is 5.95 Å². The zero-order chi connectivity index (χ0) is 13.7. The first kappa shape index (κ1) is 13.8. The lowest BCUT2D eigenvalue weighted by molar-refractivity contribution is 1.03. The SMILES string of the molecule is CCNc1nc(C)cc(NCc2ccc(CC)s2)n1. The molecular weight excluding hydrogens is 256 g/mol. The van der Waals surface area contributed by atoms with Crippen LogP contribution >= 0.6 is 11.3 Å². The average Bonchev–Trinajstić information content (AvgIpc) is 2.84. The molecule has 5 heteroatoms. The van der Waals surface area contributed by atoms with Crippen LogP contribution in [0.5, 0.6) is 0 Å². The summed E-state index contributed by atoms with van der Waals surface area (Å²) in [4.78, 5) is 11.5. The van der Waals surface area contributed by atoms with Crippen molar-refractivity contribution in [2.24, 2.45) is 0 Å². The molecule has 19 heavy (non-hydrogen) atoms. The van der Waals surface area contributed by atoms with Crippen LogP contribution in [-0.2, 0) is 13.0 Å². The van der Waals surface area contributed by atoms with Crippen LogP contribution in [0.1, 0.15) is 29.3 Å². The number of anilines is 2. The van der Waals surface area contributed by atoms with Crippen molar-refractivity contribution in [2.45, 2.75) is 33.7 Å². The van der Waals surface area contributed by atoms with Gasteiger partial charge in [-0.1, -0.05) is 6.92 Å². The fourth-order valence-electron chi connectivity index (χ4n) is 1.78. The fraction of sp³-hybridized carbons (Fsp3) is 0.429. The lowest BCUT2D eigenvalue weighted by Crippen LogP contribution is -2.07. The van der Waals surface area contributed by atoms with Crippen LogP contribution in [0, 0.1) is 6.92 Å². The van der Waals surface area contributed by atoms with E-state index in [1.54, 1.807) is 0 Å². The van der Waals surface area contributed by atoms with Crippen molar-refractivity contribution in [2.75, 3.05) is 17.2 Å². The number of rotatable bonds is 6. The standard InChI is InChI=1S/C14H20N4S/c1-4-11-6-7-12(19-11)9-16-13-8-10(3)17-14(18-13)15-5-2/h6-8H,4-5,9H2,1-3H3,(H2,15,16,17,18). The van der Waals surface area contributed by atoms with Gasteiger partial charge in [0.25, 0.3) is 0 Å². The predicted molar refractivity (Wildman–Crippen MR) is 82.0 cm³/mol. The van der Waals surface area contributed by atoms with E-state index >= 15 is 0 Å². The Balaban J connectivity index is 2.02. The molecule has 2 rings (SSSR count). The summed E-state index contributed by atoms with van der Waals surface area (Å²) in [5.41, 5.74) is 0.967. The molecule has 0 aliphatic rings. The molecule has 0 unspecified atom stereocenters. The largest absolute Gasteiger partial charge is 0.365 e. The molecule has 0 atom stereocenters. The number of thiophene rings is 1. The molecule has 0 aliphatic heterocycles. The Hall–Kier alpha value is -1.62. The van der Waals surface area contributed by atoms with Crippen LogP contribution < -0.4 is 10.6 Å². The maximum atomic E-state index is 4.44. The minimum Gasteiger partial charge on any atom is -0.365 e. The van der Waals surface area contributed by atoms with Gasteiger partial charge in [0.05, 0.1) is 6.54 Å². The zero-order valence-electron chi connectivity index (χ0n) is 11.7. The van der Waals surface area contributed by atoms with Gasteiger partial charge in [0.1, 0.15) is 5.82 Å². The molecule has 2 aromatic rings. The number of hydrogen-bond donors (Lipinski definition) is 2. The summed E-state index contributed by atoms with van der Waals surface area (Å²) in [6.45, 7) is 7.84. The predicted octanol–water partition coefficient (Wildman–Crippen LogP) is 3.45. The van der Waals surface area contributed by atoms with E-state index in [-0.39, 0.29) is 0 Å². The molecule has 0 spiro atoms. The Morgan fingerprint density at radius 3 is 2.58 bits per heavy atom. The molecule has 0 amide bonds. The molecule has 2 N–H and O–H groups in total. The van der Waals surface area contributed by atoms with Crippen molar-refractivity contribution in [3.63, 3.8) is 0 Å². The monoisotopic (exact) mass is 276 g/mol. The summed E-state index contributed by atoms with van der Waals surface area (Å²) >= 11 is 1.85. The van der Waals surface area contributed by atoms with Crippen molar-refractivity contribution in [1.29, 1.82) is 0 Å². The van der Waals surface area contributed by atoms with E-state index in [4.69, 9.17) is 0 Å². The Morgan fingerprint density at radius 1 is 1.11 bits per heavy atom. The van der Waals surface area contributed by atoms with E-state index in [2.05, 4.69) is 39.7 Å². The van der Waals surface area contributed by atoms with Crippen molar-refractivity contribution in [3.05, 3.63) is 33.6 Å². The van der Waals surface area contributed by atoms with Gasteiger partial charge in [-0.25, -0.2) is 4.98 Å². The molecule has 0 saturated heterocycles. The molecule has 4 nitrogen and oxygen atoms in total. The maximum Gasteiger partial charge on any atom is 0.224 e. The van der Waals surface area contributed by atoms with Crippen LogP contribution in [-0.4, -0.2) is 16.5 Å². The summed E-state index contributed by atoms with van der Waals surface area (Å²) in [6.07, 6.45) is 1.10. The molecule has 2 heterocycles. The zero-order valence-corrected chi connectivity index (χ0v) is 12.5. The van der Waals surface area contributed by atoms with Crippen molar-refractivity contribution < 1.29 is 0 Å². The minimum absolute atomic E-state index is 0.686. The summed E-state index contributed by atoms with van der Waals surface area (Å²) < 4.78 is 0. The van der Waals surface area contributed by atoms with E-state index < -0.39 is 0 Å². The highest BCUT2D eigenvalue weighted by Crippen LogP contribution is 2.18. The summed E-state index contributed by atoms with van der Waals surface area (Å²) in [6, 6.07) is 6.34. The average molecular weight is 276 g/mol. The van der Waals surface area contributed by atoms with Gasteiger partial charge in [-0.2, -0.15) is 4.98 Å². The van der Waals surface area contributed by atoms with Gasteiger partial charge < -0.3 is 10.6 Å². The lowest BCUT2D eigenvalue weighted by Gasteiger charge is -2.08. The second-order valence-corrected chi connectivity index (χ2v) is 5.58. The van der Waals surface area contributed by atoms with E-state index in [1.165, 1.54) is 9.75 Å². The highest BCUT2D eigenvalue weighted by atomic mass is 32.1. The first-order valence-corrected chi connectivity index (χ1v) is 7.44. The third kappa shape index (κ3) is 3.92. The second kappa shape index (κ2) is 6.52. The fourth-order valence-corrected chi connectivity index (χ4v) is 2.68. The number of nitrogens with zero attached hydrogens (tertiary/aromatic N) is 2. The van der Waals surface area contributed by atoms with Crippen molar-refractivity contribution >= 4 is 23.1 Å². The highest BCUT2D eigenvalue weighted by Gasteiger charge is 2.03. The van der Waals surface area contributed by atoms with Gasteiger partial charge in [0.15, 0.2) is 0 Å². The number of nitrogens with one attached hydrogen (secondary N) is 2. The smallest absolute Gasteiger partial charge is 0.224 e. The van der Waals surface area contributed by atoms with Crippen LogP contribution in [0.3, 0.4) is 0 Å². The summed E-state index contributed by atoms with van der Waals surface area (Å²) in [5.74, 6) is 1.56. The second-order valence-electron chi connectivity index (χ2n) is 4.32. The van der Waals surface area contributed by atoms with Crippen LogP contribution in [0.2, 0.25) is 0 Å². The van der Waals surface area contributed by atoms with Crippen LogP contribution in [0.4, 0.5) is 11.8 Å². The lowest BCUT2D eigenvalue weighted by atomic mass is 10.3. The van der Waals surface area contributed by atoms with Crippen molar-refractivity contribution in [3.8, 4) is 0 Å². The Morgan fingerprint density at radius 2 is 1.89 bits per heavy atom. The molecule has 102 valence electrons. The van der Waals surface area contributed by atoms with Gasteiger partial charge in [-0.05, 0) is 32.4 Å². The number of hydrogen-bond acceptors (Lipinski definition) is 5.